The second kappa shape index (κ2) is 7.87. The van der Waals surface area contributed by atoms with Crippen LogP contribution in [0.2, 0.25) is 0 Å². The second-order valence-corrected chi connectivity index (χ2v) is 7.71. The molecule has 2 fully saturated rings. The Morgan fingerprint density at radius 1 is 0.931 bits per heavy atom. The van der Waals surface area contributed by atoms with E-state index >= 15 is 0 Å². The first kappa shape index (κ1) is 18.2. The van der Waals surface area contributed by atoms with Crippen molar-refractivity contribution < 1.29 is 14.3 Å². The number of hydrogen-bond donors (Lipinski definition) is 0. The molecule has 2 aromatic rings. The van der Waals surface area contributed by atoms with Crippen molar-refractivity contribution in [2.24, 2.45) is 0 Å². The van der Waals surface area contributed by atoms with Crippen molar-refractivity contribution in [3.63, 3.8) is 0 Å². The molecule has 0 saturated carbocycles. The van der Waals surface area contributed by atoms with Gasteiger partial charge >= 0.3 is 0 Å². The molecule has 3 aliphatic heterocycles. The van der Waals surface area contributed by atoms with Gasteiger partial charge in [0, 0.05) is 51.9 Å². The van der Waals surface area contributed by atoms with Crippen molar-refractivity contribution >= 4 is 11.7 Å². The lowest BCUT2D eigenvalue weighted by atomic mass is 10.1. The van der Waals surface area contributed by atoms with Crippen LogP contribution in [0.4, 0.5) is 5.82 Å². The molecule has 0 aliphatic carbocycles. The molecule has 2 saturated heterocycles. The number of fused-ring (bicyclic) bond motifs is 1. The van der Waals surface area contributed by atoms with E-state index in [1.54, 1.807) is 0 Å². The Morgan fingerprint density at radius 2 is 1.72 bits per heavy atom. The molecule has 0 bridgehead atoms. The summed E-state index contributed by atoms with van der Waals surface area (Å²) in [4.78, 5) is 27.8. The lowest BCUT2D eigenvalue weighted by Crippen LogP contribution is -2.46. The van der Waals surface area contributed by atoms with Crippen LogP contribution in [0.15, 0.2) is 30.6 Å². The van der Waals surface area contributed by atoms with E-state index in [0.29, 0.717) is 12.5 Å². The highest BCUT2D eigenvalue weighted by molar-refractivity contribution is 5.93. The van der Waals surface area contributed by atoms with E-state index in [0.717, 1.165) is 76.0 Å². The Morgan fingerprint density at radius 3 is 2.55 bits per heavy atom. The van der Waals surface area contributed by atoms with Crippen molar-refractivity contribution in [2.45, 2.75) is 19.4 Å². The Kier molecular flexibility index (Phi) is 4.93. The fraction of sp³-hybridized carbons (Fsp3) is 0.476. The fourth-order valence-electron chi connectivity index (χ4n) is 4.15. The molecule has 0 N–H and O–H groups in total. The van der Waals surface area contributed by atoms with E-state index in [9.17, 15) is 4.79 Å². The van der Waals surface area contributed by atoms with Gasteiger partial charge in [-0.3, -0.25) is 9.69 Å². The summed E-state index contributed by atoms with van der Waals surface area (Å²) in [5.41, 5.74) is 1.72. The molecule has 152 valence electrons. The fourth-order valence-corrected chi connectivity index (χ4v) is 4.15. The molecule has 5 rings (SSSR count). The monoisotopic (exact) mass is 395 g/mol. The van der Waals surface area contributed by atoms with Crippen molar-refractivity contribution in [1.29, 1.82) is 0 Å². The van der Waals surface area contributed by atoms with Crippen molar-refractivity contribution in [3.05, 3.63) is 41.9 Å². The Hall–Kier alpha value is -2.87. The van der Waals surface area contributed by atoms with Crippen LogP contribution in [-0.2, 0) is 6.54 Å². The number of rotatable bonds is 4. The molecular formula is C21H25N5O3. The summed E-state index contributed by atoms with van der Waals surface area (Å²) in [5, 5.41) is 0. The van der Waals surface area contributed by atoms with Gasteiger partial charge in [-0.15, -0.1) is 0 Å². The number of benzene rings is 1. The highest BCUT2D eigenvalue weighted by Gasteiger charge is 2.23. The van der Waals surface area contributed by atoms with Crippen LogP contribution in [0.3, 0.4) is 0 Å². The van der Waals surface area contributed by atoms with Gasteiger partial charge in [0.05, 0.1) is 0 Å². The lowest BCUT2D eigenvalue weighted by molar-refractivity contribution is 0.0787. The molecule has 4 heterocycles. The average Bonchev–Trinajstić information content (AvgIpc) is 3.46. The molecule has 0 radical (unpaired) electrons. The molecule has 1 aromatic heterocycles. The van der Waals surface area contributed by atoms with Crippen LogP contribution in [0, 0.1) is 0 Å². The Balaban J connectivity index is 1.19. The first-order valence-electron chi connectivity index (χ1n) is 10.2. The highest BCUT2D eigenvalue weighted by Crippen LogP contribution is 2.33. The zero-order chi connectivity index (χ0) is 19.6. The largest absolute Gasteiger partial charge is 0.454 e. The van der Waals surface area contributed by atoms with Gasteiger partial charge in [-0.2, -0.15) is 0 Å². The van der Waals surface area contributed by atoms with Gasteiger partial charge in [0.25, 0.3) is 5.91 Å². The van der Waals surface area contributed by atoms with Gasteiger partial charge in [-0.05, 0) is 30.5 Å². The summed E-state index contributed by atoms with van der Waals surface area (Å²) < 4.78 is 10.9. The average molecular weight is 395 g/mol. The Labute approximate surface area is 170 Å². The van der Waals surface area contributed by atoms with Gasteiger partial charge in [-0.25, -0.2) is 9.97 Å². The zero-order valence-corrected chi connectivity index (χ0v) is 16.4. The van der Waals surface area contributed by atoms with Gasteiger partial charge in [0.2, 0.25) is 6.79 Å². The molecule has 0 atom stereocenters. The van der Waals surface area contributed by atoms with E-state index in [4.69, 9.17) is 9.47 Å². The third-order valence-electron chi connectivity index (χ3n) is 5.80. The van der Waals surface area contributed by atoms with Crippen molar-refractivity contribution in [1.82, 2.24) is 19.8 Å². The summed E-state index contributed by atoms with van der Waals surface area (Å²) in [6.45, 7) is 6.47. The van der Waals surface area contributed by atoms with Gasteiger partial charge in [0.15, 0.2) is 11.5 Å². The molecule has 0 spiro atoms. The van der Waals surface area contributed by atoms with Crippen LogP contribution in [0.5, 0.6) is 11.5 Å². The van der Waals surface area contributed by atoms with Crippen molar-refractivity contribution in [3.8, 4) is 11.5 Å². The number of carbonyl (C=O) groups is 1. The predicted molar refractivity (Wildman–Crippen MR) is 107 cm³/mol. The van der Waals surface area contributed by atoms with Crippen molar-refractivity contribution in [2.75, 3.05) is 51.0 Å². The number of likely N-dealkylation sites (tertiary alicyclic amines) is 1. The topological polar surface area (TPSA) is 71.0 Å². The van der Waals surface area contributed by atoms with Crippen LogP contribution in [-0.4, -0.2) is 71.7 Å². The van der Waals surface area contributed by atoms with Crippen LogP contribution >= 0.6 is 0 Å². The van der Waals surface area contributed by atoms with E-state index in [1.807, 2.05) is 17.0 Å². The first-order valence-corrected chi connectivity index (χ1v) is 10.2. The third kappa shape index (κ3) is 3.85. The van der Waals surface area contributed by atoms with E-state index in [-0.39, 0.29) is 5.91 Å². The standard InChI is InChI=1S/C21H25N5O3/c27-21(26-5-1-2-6-26)17-12-20(23-14-22-17)25-9-7-24(8-10-25)13-16-3-4-18-19(11-16)29-15-28-18/h3-4,11-12,14H,1-2,5-10,13,15H2. The highest BCUT2D eigenvalue weighted by atomic mass is 16.7. The molecular weight excluding hydrogens is 370 g/mol. The van der Waals surface area contributed by atoms with Gasteiger partial charge in [-0.1, -0.05) is 6.07 Å². The molecule has 8 heteroatoms. The lowest BCUT2D eigenvalue weighted by Gasteiger charge is -2.35. The number of amides is 1. The molecule has 29 heavy (non-hydrogen) atoms. The summed E-state index contributed by atoms with van der Waals surface area (Å²) in [7, 11) is 0. The number of piperazine rings is 1. The maximum absolute atomic E-state index is 12.6. The summed E-state index contributed by atoms with van der Waals surface area (Å²) in [5.74, 6) is 2.51. The minimum absolute atomic E-state index is 0.0209. The predicted octanol–water partition coefficient (Wildman–Crippen LogP) is 1.76. The second-order valence-electron chi connectivity index (χ2n) is 7.71. The van der Waals surface area contributed by atoms with E-state index in [2.05, 4.69) is 31.9 Å². The number of hydrogen-bond acceptors (Lipinski definition) is 7. The van der Waals surface area contributed by atoms with E-state index in [1.165, 1.54) is 11.9 Å². The SMILES string of the molecule is O=C(c1cc(N2CCN(Cc3ccc4c(c3)OCO4)CC2)ncn1)N1CCCC1. The summed E-state index contributed by atoms with van der Waals surface area (Å²) in [6.07, 6.45) is 3.67. The summed E-state index contributed by atoms with van der Waals surface area (Å²) >= 11 is 0. The molecule has 0 unspecified atom stereocenters. The number of anilines is 1. The molecule has 1 aromatic carbocycles. The third-order valence-corrected chi connectivity index (χ3v) is 5.80. The normalized spacial score (nSPS) is 19.0. The number of carbonyl (C=O) groups excluding carboxylic acids is 1. The van der Waals surface area contributed by atoms with Crippen LogP contribution in [0.25, 0.3) is 0 Å². The van der Waals surface area contributed by atoms with Crippen LogP contribution in [0.1, 0.15) is 28.9 Å². The Bertz CT molecular complexity index is 892. The van der Waals surface area contributed by atoms with E-state index < -0.39 is 0 Å². The zero-order valence-electron chi connectivity index (χ0n) is 16.4. The summed E-state index contributed by atoms with van der Waals surface area (Å²) in [6, 6.07) is 7.98. The maximum Gasteiger partial charge on any atom is 0.272 e. The number of ether oxygens (including phenoxy) is 2. The van der Waals surface area contributed by atoms with Gasteiger partial charge in [0.1, 0.15) is 17.8 Å². The molecule has 8 nitrogen and oxygen atoms in total. The molecule has 1 amide bonds. The van der Waals surface area contributed by atoms with Gasteiger partial charge < -0.3 is 19.3 Å². The molecule has 3 aliphatic rings. The minimum atomic E-state index is 0.0209. The quantitative estimate of drug-likeness (QED) is 0.781. The minimum Gasteiger partial charge on any atom is -0.454 e. The van der Waals surface area contributed by atoms with Crippen LogP contribution < -0.4 is 14.4 Å². The maximum atomic E-state index is 12.6. The number of aromatic nitrogens is 2. The number of nitrogens with zero attached hydrogens (tertiary/aromatic N) is 5. The smallest absolute Gasteiger partial charge is 0.272 e. The first-order chi connectivity index (χ1) is 14.3.